The number of carbonyl (C=O) groups is 1. The molecule has 1 fully saturated rings. The van der Waals surface area contributed by atoms with Crippen molar-refractivity contribution in [3.8, 4) is 0 Å². The number of rotatable bonds is 4. The highest BCUT2D eigenvalue weighted by Gasteiger charge is 2.29. The minimum atomic E-state index is 0.0879. The Morgan fingerprint density at radius 3 is 2.94 bits per heavy atom. The Morgan fingerprint density at radius 2 is 2.39 bits per heavy atom. The van der Waals surface area contributed by atoms with E-state index in [4.69, 9.17) is 0 Å². The van der Waals surface area contributed by atoms with Crippen molar-refractivity contribution in [3.05, 3.63) is 10.6 Å². The van der Waals surface area contributed by atoms with E-state index in [0.717, 1.165) is 31.7 Å². The Kier molecular flexibility index (Phi) is 4.29. The molecule has 1 saturated heterocycles. The van der Waals surface area contributed by atoms with Gasteiger partial charge in [0, 0.05) is 19.1 Å². The van der Waals surface area contributed by atoms with E-state index in [1.165, 1.54) is 11.5 Å². The normalized spacial score (nSPS) is 19.4. The third-order valence-electron chi connectivity index (χ3n) is 3.33. The molecule has 18 heavy (non-hydrogen) atoms. The first-order valence-corrected chi connectivity index (χ1v) is 7.26. The number of carbonyl (C=O) groups excluding carboxylic acids is 1. The van der Waals surface area contributed by atoms with Gasteiger partial charge in [0.15, 0.2) is 0 Å². The Labute approximate surface area is 112 Å². The molecule has 0 aromatic carbocycles. The zero-order valence-corrected chi connectivity index (χ0v) is 12.0. The van der Waals surface area contributed by atoms with Gasteiger partial charge in [-0.2, -0.15) is 0 Å². The lowest BCUT2D eigenvalue weighted by Crippen LogP contribution is -2.41. The van der Waals surface area contributed by atoms with Crippen LogP contribution >= 0.6 is 11.5 Å². The van der Waals surface area contributed by atoms with E-state index in [1.807, 2.05) is 25.7 Å². The van der Waals surface area contributed by atoms with E-state index in [1.54, 1.807) is 0 Å². The third-order valence-corrected chi connectivity index (χ3v) is 4.06. The molecule has 1 aliphatic rings. The zero-order valence-electron chi connectivity index (χ0n) is 11.1. The zero-order chi connectivity index (χ0) is 13.1. The molecule has 0 saturated carbocycles. The van der Waals surface area contributed by atoms with Crippen molar-refractivity contribution in [2.75, 3.05) is 19.6 Å². The predicted molar refractivity (Wildman–Crippen MR) is 72.0 cm³/mol. The molecule has 100 valence electrons. The van der Waals surface area contributed by atoms with Crippen LogP contribution in [-0.4, -0.2) is 46.1 Å². The average molecular weight is 268 g/mol. The molecule has 1 atom stereocenters. The van der Waals surface area contributed by atoms with Crippen LogP contribution in [0.15, 0.2) is 0 Å². The summed E-state index contributed by atoms with van der Waals surface area (Å²) in [6.45, 7) is 8.73. The molecule has 1 unspecified atom stereocenters. The molecular weight excluding hydrogens is 248 g/mol. The minimum Gasteiger partial charge on any atom is -0.334 e. The van der Waals surface area contributed by atoms with Gasteiger partial charge in [-0.1, -0.05) is 18.3 Å². The lowest BCUT2D eigenvalue weighted by molar-refractivity contribution is 0.0707. The van der Waals surface area contributed by atoms with Crippen molar-refractivity contribution < 1.29 is 4.79 Å². The van der Waals surface area contributed by atoms with Gasteiger partial charge in [-0.05, 0) is 37.3 Å². The highest BCUT2D eigenvalue weighted by Crippen LogP contribution is 2.23. The van der Waals surface area contributed by atoms with Crippen molar-refractivity contribution in [2.45, 2.75) is 39.2 Å². The average Bonchev–Trinajstić information content (AvgIpc) is 3.00. The number of nitrogens with zero attached hydrogens (tertiary/aromatic N) is 3. The van der Waals surface area contributed by atoms with Gasteiger partial charge in [-0.15, -0.1) is 5.10 Å². The van der Waals surface area contributed by atoms with Gasteiger partial charge in [0.1, 0.15) is 4.88 Å². The van der Waals surface area contributed by atoms with Crippen LogP contribution in [0.4, 0.5) is 0 Å². The Morgan fingerprint density at radius 1 is 1.61 bits per heavy atom. The van der Waals surface area contributed by atoms with Crippen LogP contribution in [-0.2, 0) is 0 Å². The number of nitrogens with one attached hydrogen (secondary N) is 1. The number of amides is 1. The first-order chi connectivity index (χ1) is 8.65. The van der Waals surface area contributed by atoms with E-state index in [2.05, 4.69) is 14.9 Å². The lowest BCUT2D eigenvalue weighted by Gasteiger charge is -2.26. The third kappa shape index (κ3) is 2.54. The van der Waals surface area contributed by atoms with Crippen molar-refractivity contribution in [1.29, 1.82) is 0 Å². The molecular formula is C12H20N4OS. The smallest absolute Gasteiger partial charge is 0.267 e. The van der Waals surface area contributed by atoms with Crippen LogP contribution in [0, 0.1) is 0 Å². The van der Waals surface area contributed by atoms with Crippen molar-refractivity contribution >= 4 is 17.4 Å². The molecule has 6 heteroatoms. The molecule has 2 heterocycles. The van der Waals surface area contributed by atoms with Gasteiger partial charge >= 0.3 is 0 Å². The van der Waals surface area contributed by atoms with Crippen LogP contribution in [0.25, 0.3) is 0 Å². The molecule has 0 spiro atoms. The maximum absolute atomic E-state index is 12.6. The van der Waals surface area contributed by atoms with Crippen LogP contribution in [0.5, 0.6) is 0 Å². The van der Waals surface area contributed by atoms with Gasteiger partial charge in [-0.25, -0.2) is 0 Å². The van der Waals surface area contributed by atoms with Gasteiger partial charge in [0.25, 0.3) is 5.91 Å². The number of hydrogen-bond acceptors (Lipinski definition) is 5. The standard InChI is InChI=1S/C12H20N4OS/c1-4-16(9-5-6-13-7-9)12(17)11-10(8(2)3)14-15-18-11/h8-9,13H,4-7H2,1-3H3. The van der Waals surface area contributed by atoms with E-state index in [-0.39, 0.29) is 11.8 Å². The number of aromatic nitrogens is 2. The van der Waals surface area contributed by atoms with E-state index in [0.29, 0.717) is 10.9 Å². The molecule has 0 aliphatic carbocycles. The molecule has 1 amide bonds. The van der Waals surface area contributed by atoms with E-state index < -0.39 is 0 Å². The molecule has 0 bridgehead atoms. The summed E-state index contributed by atoms with van der Waals surface area (Å²) in [6, 6.07) is 0.310. The van der Waals surface area contributed by atoms with Crippen molar-refractivity contribution in [3.63, 3.8) is 0 Å². The molecule has 0 radical (unpaired) electrons. The highest BCUT2D eigenvalue weighted by molar-refractivity contribution is 7.08. The summed E-state index contributed by atoms with van der Waals surface area (Å²) in [4.78, 5) is 15.2. The fourth-order valence-corrected chi connectivity index (χ4v) is 3.10. The van der Waals surface area contributed by atoms with Crippen LogP contribution in [0.2, 0.25) is 0 Å². The molecule has 2 rings (SSSR count). The Balaban J connectivity index is 2.20. The molecule has 1 aromatic rings. The number of likely N-dealkylation sites (N-methyl/N-ethyl adjacent to an activating group) is 1. The van der Waals surface area contributed by atoms with Crippen molar-refractivity contribution in [2.24, 2.45) is 0 Å². The fraction of sp³-hybridized carbons (Fsp3) is 0.750. The quantitative estimate of drug-likeness (QED) is 0.898. The van der Waals surface area contributed by atoms with Crippen LogP contribution in [0.3, 0.4) is 0 Å². The summed E-state index contributed by atoms with van der Waals surface area (Å²) in [5.41, 5.74) is 0.828. The predicted octanol–water partition coefficient (Wildman–Crippen LogP) is 1.49. The second kappa shape index (κ2) is 5.75. The maximum Gasteiger partial charge on any atom is 0.267 e. The molecule has 5 nitrogen and oxygen atoms in total. The Bertz CT molecular complexity index is 412. The maximum atomic E-state index is 12.6. The summed E-state index contributed by atoms with van der Waals surface area (Å²) in [6.07, 6.45) is 1.03. The highest BCUT2D eigenvalue weighted by atomic mass is 32.1. The molecule has 1 aliphatic heterocycles. The monoisotopic (exact) mass is 268 g/mol. The largest absolute Gasteiger partial charge is 0.334 e. The molecule has 1 aromatic heterocycles. The SMILES string of the molecule is CCN(C(=O)c1snnc1C(C)C)C1CCNC1. The first kappa shape index (κ1) is 13.4. The molecule has 1 N–H and O–H groups in total. The second-order valence-corrected chi connectivity index (χ2v) is 5.63. The summed E-state index contributed by atoms with van der Waals surface area (Å²) < 4.78 is 3.94. The van der Waals surface area contributed by atoms with Crippen molar-refractivity contribution in [1.82, 2.24) is 19.8 Å². The first-order valence-electron chi connectivity index (χ1n) is 6.49. The van der Waals surface area contributed by atoms with Gasteiger partial charge in [0.2, 0.25) is 0 Å². The lowest BCUT2D eigenvalue weighted by atomic mass is 10.1. The number of hydrogen-bond donors (Lipinski definition) is 1. The summed E-state index contributed by atoms with van der Waals surface area (Å²) in [5.74, 6) is 0.327. The summed E-state index contributed by atoms with van der Waals surface area (Å²) in [7, 11) is 0. The van der Waals surface area contributed by atoms with Gasteiger partial charge in [0.05, 0.1) is 5.69 Å². The summed E-state index contributed by atoms with van der Waals surface area (Å²) >= 11 is 1.22. The summed E-state index contributed by atoms with van der Waals surface area (Å²) in [5, 5.41) is 7.39. The fourth-order valence-electron chi connectivity index (χ4n) is 2.33. The Hall–Kier alpha value is -1.01. The topological polar surface area (TPSA) is 58.1 Å². The second-order valence-electron chi connectivity index (χ2n) is 4.88. The minimum absolute atomic E-state index is 0.0879. The van der Waals surface area contributed by atoms with E-state index in [9.17, 15) is 4.79 Å². The van der Waals surface area contributed by atoms with Crippen LogP contribution < -0.4 is 5.32 Å². The van der Waals surface area contributed by atoms with Crippen LogP contribution in [0.1, 0.15) is 48.5 Å². The van der Waals surface area contributed by atoms with Gasteiger partial charge < -0.3 is 10.2 Å². The van der Waals surface area contributed by atoms with Gasteiger partial charge in [-0.3, -0.25) is 4.79 Å². The van der Waals surface area contributed by atoms with E-state index >= 15 is 0 Å².